The van der Waals surface area contributed by atoms with E-state index in [1.165, 1.54) is 0 Å². The summed E-state index contributed by atoms with van der Waals surface area (Å²) in [5.74, 6) is 2.21. The van der Waals surface area contributed by atoms with E-state index < -0.39 is 18.6 Å². The molecule has 1 amide bonds. The molecule has 0 saturated carbocycles. The molecule has 1 aliphatic rings. The van der Waals surface area contributed by atoms with Crippen LogP contribution in [-0.4, -0.2) is 24.3 Å². The number of rotatable bonds is 4. The number of carbonyl (C=O) groups is 1. The van der Waals surface area contributed by atoms with Gasteiger partial charge in [-0.05, 0) is 6.08 Å². The number of nitrogens with one attached hydrogen (secondary N) is 3. The fourth-order valence-corrected chi connectivity index (χ4v) is 1.16. The minimum Gasteiger partial charge on any atom is -0.359 e. The van der Waals surface area contributed by atoms with Crippen molar-refractivity contribution >= 4 is 11.6 Å². The summed E-state index contributed by atoms with van der Waals surface area (Å²) in [6, 6.07) is -0.421. The normalized spacial score (nSPS) is 18.0. The molecule has 5 heteroatoms. The summed E-state index contributed by atoms with van der Waals surface area (Å²) in [4.78, 5) is 11.1. The fraction of sp³-hybridized carbons (Fsp3) is 0.273. The number of allylic oxidation sites excluding steroid dienone is 2. The second-order valence-corrected chi connectivity index (χ2v) is 3.13. The van der Waals surface area contributed by atoms with Crippen molar-refractivity contribution in [3.63, 3.8) is 0 Å². The molecule has 1 heterocycles. The highest BCUT2D eigenvalue weighted by molar-refractivity contribution is 6.03. The Morgan fingerprint density at radius 3 is 3.12 bits per heavy atom. The highest BCUT2D eigenvalue weighted by Crippen LogP contribution is 2.01. The Hall–Kier alpha value is -2.09. The number of carbonyl (C=O) groups excluding carboxylic acids is 1. The monoisotopic (exact) mass is 221 g/mol. The van der Waals surface area contributed by atoms with Gasteiger partial charge in [0.1, 0.15) is 11.5 Å². The third kappa shape index (κ3) is 3.24. The summed E-state index contributed by atoms with van der Waals surface area (Å²) in [7, 11) is 0. The summed E-state index contributed by atoms with van der Waals surface area (Å²) in [6.45, 7) is -0.696. The van der Waals surface area contributed by atoms with Gasteiger partial charge in [-0.3, -0.25) is 14.6 Å². The van der Waals surface area contributed by atoms with Crippen LogP contribution in [0.25, 0.3) is 0 Å². The van der Waals surface area contributed by atoms with E-state index in [-0.39, 0.29) is 12.1 Å². The lowest BCUT2D eigenvalue weighted by atomic mass is 10.1. The van der Waals surface area contributed by atoms with E-state index in [0.717, 1.165) is 0 Å². The lowest BCUT2D eigenvalue weighted by Crippen LogP contribution is -2.41. The molecular formula is C11H12FN3O. The van der Waals surface area contributed by atoms with Gasteiger partial charge in [-0.25, -0.2) is 0 Å². The number of hydrogen-bond donors (Lipinski definition) is 3. The first-order chi connectivity index (χ1) is 7.67. The van der Waals surface area contributed by atoms with Gasteiger partial charge in [-0.2, -0.15) is 0 Å². The smallest absolute Gasteiger partial charge is 0.228 e. The van der Waals surface area contributed by atoms with Gasteiger partial charge in [0, 0.05) is 0 Å². The minimum atomic E-state index is -0.696. The molecule has 1 unspecified atom stereocenters. The van der Waals surface area contributed by atoms with E-state index in [0.29, 0.717) is 5.82 Å². The molecule has 0 saturated heterocycles. The number of dihydropyridines is 1. The maximum Gasteiger partial charge on any atom is 0.228 e. The van der Waals surface area contributed by atoms with Crippen LogP contribution in [0.5, 0.6) is 0 Å². The highest BCUT2D eigenvalue weighted by atomic mass is 19.1. The molecule has 0 aromatic carbocycles. The van der Waals surface area contributed by atoms with E-state index in [4.69, 9.17) is 11.8 Å². The molecule has 3 N–H and O–H groups in total. The van der Waals surface area contributed by atoms with Gasteiger partial charge < -0.3 is 10.6 Å². The lowest BCUT2D eigenvalue weighted by molar-refractivity contribution is -0.120. The van der Waals surface area contributed by atoms with Crippen LogP contribution in [0.3, 0.4) is 0 Å². The van der Waals surface area contributed by atoms with Crippen LogP contribution < -0.4 is 10.6 Å². The molecule has 84 valence electrons. The van der Waals surface area contributed by atoms with Crippen LogP contribution in [-0.2, 0) is 4.79 Å². The van der Waals surface area contributed by atoms with Gasteiger partial charge in [-0.15, -0.1) is 6.42 Å². The number of amides is 1. The number of hydrogen-bond acceptors (Lipinski definition) is 3. The molecule has 0 spiro atoms. The summed E-state index contributed by atoms with van der Waals surface area (Å²) in [6.07, 6.45) is 9.91. The Morgan fingerprint density at radius 1 is 1.75 bits per heavy atom. The molecule has 4 nitrogen and oxygen atoms in total. The van der Waals surface area contributed by atoms with Gasteiger partial charge in [-0.1, -0.05) is 18.1 Å². The zero-order valence-corrected chi connectivity index (χ0v) is 8.59. The van der Waals surface area contributed by atoms with Gasteiger partial charge in [0.05, 0.1) is 19.1 Å². The summed E-state index contributed by atoms with van der Waals surface area (Å²) < 4.78 is 11.9. The van der Waals surface area contributed by atoms with Crippen molar-refractivity contribution in [3.8, 4) is 12.3 Å². The predicted molar refractivity (Wildman–Crippen MR) is 59.4 cm³/mol. The first-order valence-corrected chi connectivity index (χ1v) is 4.73. The maximum atomic E-state index is 11.9. The molecule has 0 aromatic heterocycles. The van der Waals surface area contributed by atoms with E-state index in [1.54, 1.807) is 18.2 Å². The molecule has 1 rings (SSSR count). The van der Waals surface area contributed by atoms with E-state index in [9.17, 15) is 9.18 Å². The van der Waals surface area contributed by atoms with Crippen LogP contribution in [0.1, 0.15) is 6.42 Å². The van der Waals surface area contributed by atoms with Crippen molar-refractivity contribution in [1.29, 1.82) is 5.41 Å². The molecule has 1 atom stereocenters. The largest absolute Gasteiger partial charge is 0.359 e. The first kappa shape index (κ1) is 12.0. The first-order valence-electron chi connectivity index (χ1n) is 4.73. The maximum absolute atomic E-state index is 11.9. The number of halogens is 1. The Balaban J connectivity index is 2.55. The standard InChI is InChI=1S/C11H12FN3O/c1-2-8(13)9-4-3-5-10(14-9)15-11(16)6-7-12/h1,3-5,9,13-14H,6-7H2,(H,15,16). The van der Waals surface area contributed by atoms with Gasteiger partial charge in [0.25, 0.3) is 0 Å². The van der Waals surface area contributed by atoms with Crippen molar-refractivity contribution in [2.45, 2.75) is 12.5 Å². The van der Waals surface area contributed by atoms with Crippen molar-refractivity contribution in [3.05, 3.63) is 24.0 Å². The van der Waals surface area contributed by atoms with Crippen LogP contribution in [0, 0.1) is 17.8 Å². The van der Waals surface area contributed by atoms with Crippen LogP contribution in [0.2, 0.25) is 0 Å². The average molecular weight is 221 g/mol. The van der Waals surface area contributed by atoms with Crippen molar-refractivity contribution in [1.82, 2.24) is 10.6 Å². The summed E-state index contributed by atoms with van der Waals surface area (Å²) >= 11 is 0. The number of terminal acetylenes is 1. The van der Waals surface area contributed by atoms with Gasteiger partial charge in [0.2, 0.25) is 5.91 Å². The third-order valence-corrected chi connectivity index (χ3v) is 1.94. The molecule has 0 aliphatic carbocycles. The molecule has 1 aliphatic heterocycles. The number of alkyl halides is 1. The lowest BCUT2D eigenvalue weighted by Gasteiger charge is -2.20. The Kier molecular flexibility index (Phi) is 4.28. The SMILES string of the molecule is C#CC(=N)C1C=CC=C(NC(=O)CCF)N1. The zero-order chi connectivity index (χ0) is 12.0. The molecule has 16 heavy (non-hydrogen) atoms. The molecular weight excluding hydrogens is 209 g/mol. The van der Waals surface area contributed by atoms with Gasteiger partial charge >= 0.3 is 0 Å². The van der Waals surface area contributed by atoms with Crippen molar-refractivity contribution in [2.24, 2.45) is 0 Å². The Morgan fingerprint density at radius 2 is 2.50 bits per heavy atom. The van der Waals surface area contributed by atoms with Crippen LogP contribution in [0.4, 0.5) is 4.39 Å². The van der Waals surface area contributed by atoms with E-state index >= 15 is 0 Å². The van der Waals surface area contributed by atoms with Crippen molar-refractivity contribution < 1.29 is 9.18 Å². The average Bonchev–Trinajstić information content (AvgIpc) is 2.28. The topological polar surface area (TPSA) is 65.0 Å². The van der Waals surface area contributed by atoms with Gasteiger partial charge in [0.15, 0.2) is 0 Å². The molecule has 0 radical (unpaired) electrons. The Labute approximate surface area is 93.1 Å². The molecule has 0 aromatic rings. The zero-order valence-electron chi connectivity index (χ0n) is 8.59. The van der Waals surface area contributed by atoms with Crippen molar-refractivity contribution in [2.75, 3.05) is 6.67 Å². The minimum absolute atomic E-state index is 0.0709. The van der Waals surface area contributed by atoms with E-state index in [2.05, 4.69) is 16.6 Å². The van der Waals surface area contributed by atoms with Crippen LogP contribution >= 0.6 is 0 Å². The predicted octanol–water partition coefficient (Wildman–Crippen LogP) is 0.485. The second kappa shape index (κ2) is 5.71. The van der Waals surface area contributed by atoms with Crippen LogP contribution in [0.15, 0.2) is 24.0 Å². The quantitative estimate of drug-likeness (QED) is 0.477. The summed E-state index contributed by atoms with van der Waals surface area (Å²) in [5.41, 5.74) is 0.0709. The Bertz CT molecular complexity index is 393. The fourth-order valence-electron chi connectivity index (χ4n) is 1.16. The van der Waals surface area contributed by atoms with E-state index in [1.807, 2.05) is 0 Å². The second-order valence-electron chi connectivity index (χ2n) is 3.13. The molecule has 0 fully saturated rings. The third-order valence-electron chi connectivity index (χ3n) is 1.94. The molecule has 0 bridgehead atoms. The highest BCUT2D eigenvalue weighted by Gasteiger charge is 2.14. The summed E-state index contributed by atoms with van der Waals surface area (Å²) in [5, 5.41) is 12.8.